The molecule has 102 valence electrons. The Bertz CT molecular complexity index is 476. The summed E-state index contributed by atoms with van der Waals surface area (Å²) in [6.07, 6.45) is -0.395. The quantitative estimate of drug-likeness (QED) is 0.605. The second kappa shape index (κ2) is 6.69. The Morgan fingerprint density at radius 1 is 1.50 bits per heavy atom. The molecule has 0 heterocycles. The van der Waals surface area contributed by atoms with Gasteiger partial charge in [-0.2, -0.15) is 0 Å². The monoisotopic (exact) mass is 274 g/mol. The lowest BCUT2D eigenvalue weighted by Gasteiger charge is -2.10. The third-order valence-corrected chi connectivity index (χ3v) is 3.76. The van der Waals surface area contributed by atoms with E-state index in [0.29, 0.717) is 5.69 Å². The molecule has 0 radical (unpaired) electrons. The van der Waals surface area contributed by atoms with Crippen molar-refractivity contribution in [2.75, 3.05) is 26.0 Å². The smallest absolute Gasteiger partial charge is 0.240 e. The Labute approximate surface area is 107 Å². The first-order valence-electron chi connectivity index (χ1n) is 5.48. The standard InChI is InChI=1S/C11H18N2O4S/c1-17-8-10(14)5-6-13-18(15,16)11-4-2-3-9(12)7-11/h2-4,7,10,13-14H,5-6,8,12H2,1H3. The van der Waals surface area contributed by atoms with E-state index in [2.05, 4.69) is 4.72 Å². The van der Waals surface area contributed by atoms with Gasteiger partial charge in [0.15, 0.2) is 0 Å². The number of benzene rings is 1. The molecular weight excluding hydrogens is 256 g/mol. The predicted octanol–water partition coefficient (Wildman–Crippen LogP) is -0.0555. The van der Waals surface area contributed by atoms with Gasteiger partial charge in [0.25, 0.3) is 0 Å². The summed E-state index contributed by atoms with van der Waals surface area (Å²) in [6, 6.07) is 6.03. The molecule has 1 unspecified atom stereocenters. The van der Waals surface area contributed by atoms with Crippen molar-refractivity contribution in [3.05, 3.63) is 24.3 Å². The molecule has 0 aromatic heterocycles. The van der Waals surface area contributed by atoms with Crippen LogP contribution in [0.1, 0.15) is 6.42 Å². The maximum Gasteiger partial charge on any atom is 0.240 e. The highest BCUT2D eigenvalue weighted by Crippen LogP contribution is 2.12. The molecular formula is C11H18N2O4S. The molecule has 0 saturated heterocycles. The van der Waals surface area contributed by atoms with Gasteiger partial charge in [0.2, 0.25) is 10.0 Å². The van der Waals surface area contributed by atoms with Crippen molar-refractivity contribution in [2.45, 2.75) is 17.4 Å². The molecule has 0 aliphatic rings. The number of aliphatic hydroxyl groups is 1. The molecule has 0 aliphatic carbocycles. The fourth-order valence-electron chi connectivity index (χ4n) is 1.40. The first-order chi connectivity index (χ1) is 8.45. The van der Waals surface area contributed by atoms with Crippen molar-refractivity contribution in [1.82, 2.24) is 4.72 Å². The molecule has 0 fully saturated rings. The van der Waals surface area contributed by atoms with Crippen LogP contribution in [0.15, 0.2) is 29.2 Å². The maximum atomic E-state index is 11.8. The minimum Gasteiger partial charge on any atom is -0.399 e. The average molecular weight is 274 g/mol. The number of nitrogen functional groups attached to an aromatic ring is 1. The molecule has 1 aromatic carbocycles. The van der Waals surface area contributed by atoms with E-state index < -0.39 is 16.1 Å². The highest BCUT2D eigenvalue weighted by atomic mass is 32.2. The molecule has 1 rings (SSSR count). The Balaban J connectivity index is 2.55. The molecule has 0 aliphatic heterocycles. The number of aliphatic hydroxyl groups excluding tert-OH is 1. The second-order valence-electron chi connectivity index (χ2n) is 3.87. The SMILES string of the molecule is COCC(O)CCNS(=O)(=O)c1cccc(N)c1. The van der Waals surface area contributed by atoms with Gasteiger partial charge in [-0.05, 0) is 24.6 Å². The van der Waals surface area contributed by atoms with Gasteiger partial charge in [-0.1, -0.05) is 6.07 Å². The van der Waals surface area contributed by atoms with Crippen LogP contribution in [0, 0.1) is 0 Å². The molecule has 0 saturated carbocycles. The Kier molecular flexibility index (Phi) is 5.54. The molecule has 7 heteroatoms. The number of anilines is 1. The van der Waals surface area contributed by atoms with Gasteiger partial charge in [0, 0.05) is 19.3 Å². The van der Waals surface area contributed by atoms with Crippen LogP contribution in [-0.4, -0.2) is 39.9 Å². The van der Waals surface area contributed by atoms with Crippen molar-refractivity contribution in [1.29, 1.82) is 0 Å². The zero-order valence-corrected chi connectivity index (χ0v) is 11.0. The summed E-state index contributed by atoms with van der Waals surface area (Å²) in [6.45, 7) is 0.321. The van der Waals surface area contributed by atoms with E-state index in [0.717, 1.165) is 0 Å². The molecule has 6 nitrogen and oxygen atoms in total. The van der Waals surface area contributed by atoms with Crippen molar-refractivity contribution in [2.24, 2.45) is 0 Å². The van der Waals surface area contributed by atoms with Gasteiger partial charge < -0.3 is 15.6 Å². The number of hydrogen-bond donors (Lipinski definition) is 3. The van der Waals surface area contributed by atoms with Crippen LogP contribution in [0.2, 0.25) is 0 Å². The second-order valence-corrected chi connectivity index (χ2v) is 5.64. The Hall–Kier alpha value is -1.15. The third-order valence-electron chi connectivity index (χ3n) is 2.30. The van der Waals surface area contributed by atoms with Crippen molar-refractivity contribution >= 4 is 15.7 Å². The molecule has 4 N–H and O–H groups in total. The molecule has 0 spiro atoms. The summed E-state index contributed by atoms with van der Waals surface area (Å²) in [5.74, 6) is 0. The highest BCUT2D eigenvalue weighted by Gasteiger charge is 2.14. The summed E-state index contributed by atoms with van der Waals surface area (Å²) in [5, 5.41) is 9.38. The Morgan fingerprint density at radius 3 is 2.83 bits per heavy atom. The average Bonchev–Trinajstić information content (AvgIpc) is 2.29. The number of nitrogens with one attached hydrogen (secondary N) is 1. The van der Waals surface area contributed by atoms with E-state index >= 15 is 0 Å². The van der Waals surface area contributed by atoms with Crippen molar-refractivity contribution in [3.63, 3.8) is 0 Å². The van der Waals surface area contributed by atoms with Gasteiger partial charge in [-0.25, -0.2) is 13.1 Å². The lowest BCUT2D eigenvalue weighted by atomic mass is 10.3. The number of methoxy groups -OCH3 is 1. The fourth-order valence-corrected chi connectivity index (χ4v) is 2.50. The van der Waals surface area contributed by atoms with E-state index in [1.165, 1.54) is 19.2 Å². The summed E-state index contributed by atoms with van der Waals surface area (Å²) in [5.41, 5.74) is 5.91. The van der Waals surface area contributed by atoms with E-state index in [-0.39, 0.29) is 24.5 Å². The summed E-state index contributed by atoms with van der Waals surface area (Å²) < 4.78 is 30.8. The van der Waals surface area contributed by atoms with E-state index in [9.17, 15) is 13.5 Å². The molecule has 18 heavy (non-hydrogen) atoms. The van der Waals surface area contributed by atoms with Crippen LogP contribution in [0.25, 0.3) is 0 Å². The van der Waals surface area contributed by atoms with E-state index in [4.69, 9.17) is 10.5 Å². The third kappa shape index (κ3) is 4.61. The van der Waals surface area contributed by atoms with E-state index in [1.807, 2.05) is 0 Å². The number of ether oxygens (including phenoxy) is 1. The first kappa shape index (κ1) is 14.9. The topological polar surface area (TPSA) is 102 Å². The minimum atomic E-state index is -3.58. The number of nitrogens with two attached hydrogens (primary N) is 1. The number of hydrogen-bond acceptors (Lipinski definition) is 5. The zero-order chi connectivity index (χ0) is 13.6. The maximum absolute atomic E-state index is 11.8. The molecule has 0 bridgehead atoms. The van der Waals surface area contributed by atoms with Crippen molar-refractivity contribution in [3.8, 4) is 0 Å². The number of rotatable bonds is 7. The predicted molar refractivity (Wildman–Crippen MR) is 68.5 cm³/mol. The van der Waals surface area contributed by atoms with Crippen LogP contribution >= 0.6 is 0 Å². The van der Waals surface area contributed by atoms with Crippen LogP contribution in [0.5, 0.6) is 0 Å². The fraction of sp³-hybridized carbons (Fsp3) is 0.455. The normalized spacial score (nSPS) is 13.4. The zero-order valence-electron chi connectivity index (χ0n) is 10.2. The van der Waals surface area contributed by atoms with Crippen LogP contribution in [-0.2, 0) is 14.8 Å². The summed E-state index contributed by atoms with van der Waals surface area (Å²) >= 11 is 0. The summed E-state index contributed by atoms with van der Waals surface area (Å²) in [4.78, 5) is 0.115. The van der Waals surface area contributed by atoms with Crippen LogP contribution in [0.3, 0.4) is 0 Å². The Morgan fingerprint density at radius 2 is 2.22 bits per heavy atom. The number of sulfonamides is 1. The minimum absolute atomic E-state index is 0.115. The van der Waals surface area contributed by atoms with Gasteiger partial charge in [-0.3, -0.25) is 0 Å². The molecule has 1 atom stereocenters. The van der Waals surface area contributed by atoms with Crippen LogP contribution < -0.4 is 10.5 Å². The lowest BCUT2D eigenvalue weighted by molar-refractivity contribution is 0.0603. The first-order valence-corrected chi connectivity index (χ1v) is 6.96. The van der Waals surface area contributed by atoms with Crippen molar-refractivity contribution < 1.29 is 18.3 Å². The van der Waals surface area contributed by atoms with Gasteiger partial charge >= 0.3 is 0 Å². The van der Waals surface area contributed by atoms with E-state index in [1.54, 1.807) is 12.1 Å². The van der Waals surface area contributed by atoms with Gasteiger partial charge in [0.05, 0.1) is 17.6 Å². The van der Waals surface area contributed by atoms with Gasteiger partial charge in [-0.15, -0.1) is 0 Å². The molecule has 0 amide bonds. The van der Waals surface area contributed by atoms with Crippen LogP contribution in [0.4, 0.5) is 5.69 Å². The lowest BCUT2D eigenvalue weighted by Crippen LogP contribution is -2.28. The van der Waals surface area contributed by atoms with Gasteiger partial charge in [0.1, 0.15) is 0 Å². The largest absolute Gasteiger partial charge is 0.399 e. The summed E-state index contributed by atoms with van der Waals surface area (Å²) in [7, 11) is -2.10. The molecule has 1 aromatic rings. The highest BCUT2D eigenvalue weighted by molar-refractivity contribution is 7.89.